The van der Waals surface area contributed by atoms with Gasteiger partial charge in [0.15, 0.2) is 0 Å². The van der Waals surface area contributed by atoms with Crippen molar-refractivity contribution in [2.75, 3.05) is 0 Å². The number of carboxylic acids is 1. The highest BCUT2D eigenvalue weighted by Gasteiger charge is 2.24. The Morgan fingerprint density at radius 3 is 2.47 bits per heavy atom. The largest absolute Gasteiger partial charge is 0.480 e. The van der Waals surface area contributed by atoms with E-state index >= 15 is 0 Å². The van der Waals surface area contributed by atoms with Gasteiger partial charge in [-0.3, -0.25) is 14.9 Å². The highest BCUT2D eigenvalue weighted by Crippen LogP contribution is 2.21. The van der Waals surface area contributed by atoms with Crippen molar-refractivity contribution in [1.29, 1.82) is 0 Å². The van der Waals surface area contributed by atoms with Crippen LogP contribution in [-0.4, -0.2) is 30.5 Å². The number of benzene rings is 1. The minimum atomic E-state index is -4.03. The zero-order valence-electron chi connectivity index (χ0n) is 10.2. The SMILES string of the molecule is Cc1cc([N+](=O)[O-])ccc1S(=O)(=O)NC(C)C(=O)O. The Morgan fingerprint density at radius 2 is 2.05 bits per heavy atom. The highest BCUT2D eigenvalue weighted by atomic mass is 32.2. The topological polar surface area (TPSA) is 127 Å². The van der Waals surface area contributed by atoms with Gasteiger partial charge >= 0.3 is 5.97 Å². The predicted octanol–water partition coefficient (Wildman–Crippen LogP) is 0.655. The van der Waals surface area contributed by atoms with Gasteiger partial charge in [0, 0.05) is 12.1 Å². The van der Waals surface area contributed by atoms with Crippen LogP contribution >= 0.6 is 0 Å². The van der Waals surface area contributed by atoms with Gasteiger partial charge in [0.25, 0.3) is 5.69 Å². The van der Waals surface area contributed by atoms with E-state index in [1.165, 1.54) is 13.8 Å². The molecule has 8 nitrogen and oxygen atoms in total. The zero-order chi connectivity index (χ0) is 14.8. The molecular weight excluding hydrogens is 276 g/mol. The van der Waals surface area contributed by atoms with E-state index in [0.717, 1.165) is 18.2 Å². The monoisotopic (exact) mass is 288 g/mol. The summed E-state index contributed by atoms with van der Waals surface area (Å²) in [6, 6.07) is 1.94. The fourth-order valence-corrected chi connectivity index (χ4v) is 2.82. The van der Waals surface area contributed by atoms with Crippen molar-refractivity contribution < 1.29 is 23.2 Å². The number of nitro groups is 1. The quantitative estimate of drug-likeness (QED) is 0.605. The molecule has 19 heavy (non-hydrogen) atoms. The molecule has 0 bridgehead atoms. The van der Waals surface area contributed by atoms with Crippen molar-refractivity contribution >= 4 is 21.7 Å². The number of aliphatic carboxylic acids is 1. The van der Waals surface area contributed by atoms with Gasteiger partial charge in [-0.25, -0.2) is 8.42 Å². The van der Waals surface area contributed by atoms with Crippen LogP contribution < -0.4 is 4.72 Å². The number of rotatable bonds is 5. The molecular formula is C10H12N2O6S. The van der Waals surface area contributed by atoms with Crippen LogP contribution in [0.15, 0.2) is 23.1 Å². The third-order valence-electron chi connectivity index (χ3n) is 2.36. The number of hydrogen-bond donors (Lipinski definition) is 2. The van der Waals surface area contributed by atoms with Gasteiger partial charge in [-0.1, -0.05) is 0 Å². The maximum atomic E-state index is 11.9. The van der Waals surface area contributed by atoms with Gasteiger partial charge in [-0.2, -0.15) is 4.72 Å². The number of carboxylic acid groups (broad SMARTS) is 1. The van der Waals surface area contributed by atoms with Gasteiger partial charge < -0.3 is 5.11 Å². The molecule has 1 rings (SSSR count). The number of hydrogen-bond acceptors (Lipinski definition) is 5. The number of nitrogens with one attached hydrogen (secondary N) is 1. The number of non-ortho nitro benzene ring substituents is 1. The van der Waals surface area contributed by atoms with E-state index in [4.69, 9.17) is 5.11 Å². The van der Waals surface area contributed by atoms with E-state index in [-0.39, 0.29) is 16.1 Å². The molecule has 0 saturated heterocycles. The molecule has 0 aliphatic heterocycles. The van der Waals surface area contributed by atoms with E-state index < -0.39 is 27.0 Å². The van der Waals surface area contributed by atoms with Crippen molar-refractivity contribution in [3.8, 4) is 0 Å². The van der Waals surface area contributed by atoms with Crippen molar-refractivity contribution in [2.24, 2.45) is 0 Å². The van der Waals surface area contributed by atoms with Crippen LogP contribution in [0.3, 0.4) is 0 Å². The number of sulfonamides is 1. The Kier molecular flexibility index (Phi) is 4.22. The Hall–Kier alpha value is -2.00. The lowest BCUT2D eigenvalue weighted by Gasteiger charge is -2.11. The molecule has 1 atom stereocenters. The number of nitrogens with zero attached hydrogens (tertiary/aromatic N) is 1. The molecule has 0 spiro atoms. The van der Waals surface area contributed by atoms with Gasteiger partial charge in [-0.05, 0) is 25.5 Å². The average molecular weight is 288 g/mol. The van der Waals surface area contributed by atoms with Crippen LogP contribution in [0.2, 0.25) is 0 Å². The molecule has 1 aromatic carbocycles. The Labute approximate surface area is 109 Å². The number of aryl methyl sites for hydroxylation is 1. The summed E-state index contributed by atoms with van der Waals surface area (Å²) in [4.78, 5) is 20.3. The second-order valence-electron chi connectivity index (χ2n) is 3.89. The molecule has 9 heteroatoms. The second kappa shape index (κ2) is 5.33. The van der Waals surface area contributed by atoms with Crippen LogP contribution in [0.25, 0.3) is 0 Å². The van der Waals surface area contributed by atoms with E-state index in [1.807, 2.05) is 4.72 Å². The van der Waals surface area contributed by atoms with Crippen LogP contribution in [0.5, 0.6) is 0 Å². The summed E-state index contributed by atoms with van der Waals surface area (Å²) in [5.74, 6) is -1.32. The van der Waals surface area contributed by atoms with Crippen molar-refractivity contribution in [3.63, 3.8) is 0 Å². The molecule has 0 aromatic heterocycles. The van der Waals surface area contributed by atoms with E-state index in [9.17, 15) is 23.3 Å². The summed E-state index contributed by atoms with van der Waals surface area (Å²) in [5, 5.41) is 19.2. The fraction of sp³-hybridized carbons (Fsp3) is 0.300. The van der Waals surface area contributed by atoms with Crippen molar-refractivity contribution in [3.05, 3.63) is 33.9 Å². The first-order chi connectivity index (χ1) is 8.65. The number of carbonyl (C=O) groups is 1. The predicted molar refractivity (Wildman–Crippen MR) is 65.3 cm³/mol. The van der Waals surface area contributed by atoms with Gasteiger partial charge in [0.2, 0.25) is 10.0 Å². The van der Waals surface area contributed by atoms with Crippen LogP contribution in [0.1, 0.15) is 12.5 Å². The standard InChI is InChI=1S/C10H12N2O6S/c1-6-5-8(12(15)16)3-4-9(6)19(17,18)11-7(2)10(13)14/h3-5,7,11H,1-2H3,(H,13,14). The normalized spacial score (nSPS) is 12.9. The third kappa shape index (κ3) is 3.48. The first kappa shape index (κ1) is 15.1. The first-order valence-corrected chi connectivity index (χ1v) is 6.63. The van der Waals surface area contributed by atoms with Crippen molar-refractivity contribution in [2.45, 2.75) is 24.8 Å². The molecule has 2 N–H and O–H groups in total. The highest BCUT2D eigenvalue weighted by molar-refractivity contribution is 7.89. The van der Waals surface area contributed by atoms with Gasteiger partial charge in [0.1, 0.15) is 6.04 Å². The fourth-order valence-electron chi connectivity index (χ4n) is 1.40. The molecule has 104 valence electrons. The summed E-state index contributed by atoms with van der Waals surface area (Å²) >= 11 is 0. The maximum Gasteiger partial charge on any atom is 0.321 e. The zero-order valence-corrected chi connectivity index (χ0v) is 11.0. The molecule has 1 unspecified atom stereocenters. The average Bonchev–Trinajstić information content (AvgIpc) is 2.27. The Balaban J connectivity index is 3.16. The molecule has 0 aliphatic rings. The Morgan fingerprint density at radius 1 is 1.47 bits per heavy atom. The molecule has 0 heterocycles. The minimum absolute atomic E-state index is 0.166. The summed E-state index contributed by atoms with van der Waals surface area (Å²) in [7, 11) is -4.03. The minimum Gasteiger partial charge on any atom is -0.480 e. The van der Waals surface area contributed by atoms with Gasteiger partial charge in [-0.15, -0.1) is 0 Å². The molecule has 0 saturated carbocycles. The lowest BCUT2D eigenvalue weighted by atomic mass is 10.2. The maximum absolute atomic E-state index is 11.9. The summed E-state index contributed by atoms with van der Waals surface area (Å²) in [6.07, 6.45) is 0. The van der Waals surface area contributed by atoms with Crippen LogP contribution in [0, 0.1) is 17.0 Å². The van der Waals surface area contributed by atoms with E-state index in [2.05, 4.69) is 0 Å². The lowest BCUT2D eigenvalue weighted by molar-refractivity contribution is -0.385. The second-order valence-corrected chi connectivity index (χ2v) is 5.57. The van der Waals surface area contributed by atoms with Crippen molar-refractivity contribution in [1.82, 2.24) is 4.72 Å². The van der Waals surface area contributed by atoms with E-state index in [1.54, 1.807) is 0 Å². The summed E-state index contributed by atoms with van der Waals surface area (Å²) in [5.41, 5.74) is -0.0676. The van der Waals surface area contributed by atoms with Gasteiger partial charge in [0.05, 0.1) is 9.82 Å². The van der Waals surface area contributed by atoms with Crippen LogP contribution in [-0.2, 0) is 14.8 Å². The summed E-state index contributed by atoms with van der Waals surface area (Å²) < 4.78 is 25.8. The molecule has 0 aliphatic carbocycles. The van der Waals surface area contributed by atoms with E-state index in [0.29, 0.717) is 0 Å². The smallest absolute Gasteiger partial charge is 0.321 e. The molecule has 0 amide bonds. The first-order valence-electron chi connectivity index (χ1n) is 5.15. The molecule has 0 radical (unpaired) electrons. The molecule has 0 fully saturated rings. The summed E-state index contributed by atoms with van der Waals surface area (Å²) in [6.45, 7) is 2.58. The number of nitro benzene ring substituents is 1. The lowest BCUT2D eigenvalue weighted by Crippen LogP contribution is -2.38. The molecule has 1 aromatic rings. The van der Waals surface area contributed by atoms with Crippen LogP contribution in [0.4, 0.5) is 5.69 Å². The Bertz CT molecular complexity index is 625. The third-order valence-corrected chi connectivity index (χ3v) is 4.06.